The number of anilines is 2. The van der Waals surface area contributed by atoms with Crippen molar-refractivity contribution in [2.24, 2.45) is 11.7 Å². The zero-order valence-electron chi connectivity index (χ0n) is 19.0. The number of carbonyl (C=O) groups is 2. The van der Waals surface area contributed by atoms with Crippen LogP contribution >= 0.6 is 0 Å². The van der Waals surface area contributed by atoms with E-state index >= 15 is 0 Å². The molecular weight excluding hydrogens is 416 g/mol. The smallest absolute Gasteiger partial charge is 0.270 e. The second kappa shape index (κ2) is 8.84. The number of nitrogens with two attached hydrogens (primary N) is 1. The first-order valence-electron chi connectivity index (χ1n) is 11.8. The first kappa shape index (κ1) is 21.4. The Morgan fingerprint density at radius 3 is 2.42 bits per heavy atom. The SMILES string of the molecule is CC1CCN(C(=O)c2cc3cnc(Nc4ccc(C(N)=O)cc4)nc3n2C2CCCC2)CC1. The molecule has 1 saturated carbocycles. The molecule has 3 N–H and O–H groups in total. The van der Waals surface area contributed by atoms with E-state index < -0.39 is 5.91 Å². The second-order valence-electron chi connectivity index (χ2n) is 9.35. The third kappa shape index (κ3) is 4.29. The molecule has 0 unspecified atom stereocenters. The first-order valence-corrected chi connectivity index (χ1v) is 11.8. The molecule has 33 heavy (non-hydrogen) atoms. The Hall–Kier alpha value is -3.42. The van der Waals surface area contributed by atoms with Crippen LogP contribution in [0.3, 0.4) is 0 Å². The quantitative estimate of drug-likeness (QED) is 0.609. The van der Waals surface area contributed by atoms with Crippen LogP contribution in [-0.4, -0.2) is 44.3 Å². The van der Waals surface area contributed by atoms with Crippen molar-refractivity contribution in [2.45, 2.75) is 51.5 Å². The summed E-state index contributed by atoms with van der Waals surface area (Å²) in [5, 5.41) is 4.08. The molecular formula is C25H30N6O2. The highest BCUT2D eigenvalue weighted by molar-refractivity contribution is 5.98. The zero-order valence-corrected chi connectivity index (χ0v) is 19.0. The fourth-order valence-corrected chi connectivity index (χ4v) is 4.99. The molecule has 0 radical (unpaired) electrons. The van der Waals surface area contributed by atoms with Crippen molar-refractivity contribution in [2.75, 3.05) is 18.4 Å². The lowest BCUT2D eigenvalue weighted by atomic mass is 9.99. The monoisotopic (exact) mass is 446 g/mol. The molecule has 2 aliphatic rings. The first-order chi connectivity index (χ1) is 16.0. The van der Waals surface area contributed by atoms with Crippen LogP contribution in [-0.2, 0) is 0 Å². The van der Waals surface area contributed by atoms with Gasteiger partial charge in [0.25, 0.3) is 5.91 Å². The van der Waals surface area contributed by atoms with E-state index in [1.807, 2.05) is 11.0 Å². The van der Waals surface area contributed by atoms with Crippen LogP contribution in [0.1, 0.15) is 72.3 Å². The molecule has 5 rings (SSSR count). The predicted molar refractivity (Wildman–Crippen MR) is 128 cm³/mol. The van der Waals surface area contributed by atoms with E-state index in [4.69, 9.17) is 10.7 Å². The Bertz CT molecular complexity index is 1170. The molecule has 3 aromatic rings. The van der Waals surface area contributed by atoms with Gasteiger partial charge in [0.15, 0.2) is 0 Å². The number of hydrogen-bond acceptors (Lipinski definition) is 5. The summed E-state index contributed by atoms with van der Waals surface area (Å²) in [6.07, 6.45) is 8.34. The summed E-state index contributed by atoms with van der Waals surface area (Å²) in [4.78, 5) is 36.1. The number of piperidine rings is 1. The summed E-state index contributed by atoms with van der Waals surface area (Å²) in [5.41, 5.74) is 8.05. The Kier molecular flexibility index (Phi) is 5.74. The Balaban J connectivity index is 1.48. The zero-order chi connectivity index (χ0) is 22.9. The number of aromatic nitrogens is 3. The van der Waals surface area contributed by atoms with Gasteiger partial charge in [-0.1, -0.05) is 19.8 Å². The van der Waals surface area contributed by atoms with Crippen LogP contribution in [0, 0.1) is 5.92 Å². The van der Waals surface area contributed by atoms with Gasteiger partial charge in [0, 0.05) is 42.0 Å². The lowest BCUT2D eigenvalue weighted by molar-refractivity contribution is 0.0684. The molecule has 0 spiro atoms. The molecule has 2 aromatic heterocycles. The average Bonchev–Trinajstić information content (AvgIpc) is 3.47. The van der Waals surface area contributed by atoms with Crippen molar-refractivity contribution in [3.05, 3.63) is 47.8 Å². The number of carbonyl (C=O) groups excluding carboxylic acids is 2. The number of likely N-dealkylation sites (tertiary alicyclic amines) is 1. The number of primary amides is 1. The van der Waals surface area contributed by atoms with E-state index in [2.05, 4.69) is 21.8 Å². The highest BCUT2D eigenvalue weighted by Gasteiger charge is 2.29. The molecule has 1 aromatic carbocycles. The largest absolute Gasteiger partial charge is 0.366 e. The summed E-state index contributed by atoms with van der Waals surface area (Å²) >= 11 is 0. The van der Waals surface area contributed by atoms with E-state index in [0.717, 1.165) is 61.2 Å². The fraction of sp³-hybridized carbons (Fsp3) is 0.440. The van der Waals surface area contributed by atoms with Crippen LogP contribution in [0.15, 0.2) is 36.5 Å². The Labute approximate surface area is 193 Å². The number of hydrogen-bond donors (Lipinski definition) is 2. The van der Waals surface area contributed by atoms with Gasteiger partial charge in [0.05, 0.1) is 0 Å². The van der Waals surface area contributed by atoms with E-state index in [1.165, 1.54) is 12.8 Å². The molecule has 1 saturated heterocycles. The highest BCUT2D eigenvalue weighted by atomic mass is 16.2. The standard InChI is InChI=1S/C25H30N6O2/c1-16-10-12-30(13-11-16)24(33)21-14-18-15-27-25(28-19-8-6-17(7-9-19)22(26)32)29-23(18)31(21)20-4-2-3-5-20/h6-9,14-16,20H,2-5,10-13H2,1H3,(H2,26,32)(H,27,28,29). The van der Waals surface area contributed by atoms with Crippen molar-refractivity contribution < 1.29 is 9.59 Å². The van der Waals surface area contributed by atoms with E-state index in [1.54, 1.807) is 30.5 Å². The van der Waals surface area contributed by atoms with Crippen molar-refractivity contribution in [3.8, 4) is 0 Å². The van der Waals surface area contributed by atoms with Gasteiger partial charge in [-0.25, -0.2) is 4.98 Å². The lowest BCUT2D eigenvalue weighted by Gasteiger charge is -2.31. The van der Waals surface area contributed by atoms with Crippen molar-refractivity contribution in [3.63, 3.8) is 0 Å². The minimum absolute atomic E-state index is 0.100. The maximum absolute atomic E-state index is 13.5. The molecule has 2 amide bonds. The van der Waals surface area contributed by atoms with E-state index in [0.29, 0.717) is 17.4 Å². The van der Waals surface area contributed by atoms with Gasteiger partial charge in [0.2, 0.25) is 11.9 Å². The number of fused-ring (bicyclic) bond motifs is 1. The topological polar surface area (TPSA) is 106 Å². The van der Waals surface area contributed by atoms with Gasteiger partial charge in [0.1, 0.15) is 11.3 Å². The van der Waals surface area contributed by atoms with Crippen LogP contribution in [0.4, 0.5) is 11.6 Å². The number of nitrogens with zero attached hydrogens (tertiary/aromatic N) is 4. The molecule has 0 bridgehead atoms. The molecule has 1 aliphatic carbocycles. The molecule has 8 nitrogen and oxygen atoms in total. The Morgan fingerprint density at radius 1 is 1.06 bits per heavy atom. The van der Waals surface area contributed by atoms with Crippen LogP contribution in [0.5, 0.6) is 0 Å². The molecule has 3 heterocycles. The van der Waals surface area contributed by atoms with E-state index in [9.17, 15) is 9.59 Å². The van der Waals surface area contributed by atoms with Crippen molar-refractivity contribution >= 4 is 34.5 Å². The molecule has 2 fully saturated rings. The van der Waals surface area contributed by atoms with Crippen LogP contribution in [0.2, 0.25) is 0 Å². The molecule has 1 aliphatic heterocycles. The van der Waals surface area contributed by atoms with Crippen LogP contribution in [0.25, 0.3) is 11.0 Å². The summed E-state index contributed by atoms with van der Waals surface area (Å²) < 4.78 is 2.16. The lowest BCUT2D eigenvalue weighted by Crippen LogP contribution is -2.39. The van der Waals surface area contributed by atoms with Gasteiger partial charge in [-0.2, -0.15) is 4.98 Å². The summed E-state index contributed by atoms with van der Waals surface area (Å²) in [7, 11) is 0. The van der Waals surface area contributed by atoms with E-state index in [-0.39, 0.29) is 11.9 Å². The third-order valence-electron chi connectivity index (χ3n) is 6.98. The summed E-state index contributed by atoms with van der Waals surface area (Å²) in [6, 6.07) is 9.12. The van der Waals surface area contributed by atoms with Gasteiger partial charge in [-0.3, -0.25) is 9.59 Å². The number of rotatable bonds is 5. The minimum Gasteiger partial charge on any atom is -0.366 e. The van der Waals surface area contributed by atoms with Crippen LogP contribution < -0.4 is 11.1 Å². The predicted octanol–water partition coefficient (Wildman–Crippen LogP) is 4.26. The van der Waals surface area contributed by atoms with Gasteiger partial charge < -0.3 is 20.5 Å². The maximum Gasteiger partial charge on any atom is 0.270 e. The fourth-order valence-electron chi connectivity index (χ4n) is 4.99. The van der Waals surface area contributed by atoms with Gasteiger partial charge >= 0.3 is 0 Å². The Morgan fingerprint density at radius 2 is 1.76 bits per heavy atom. The normalized spacial score (nSPS) is 17.5. The van der Waals surface area contributed by atoms with Gasteiger partial charge in [-0.15, -0.1) is 0 Å². The highest BCUT2D eigenvalue weighted by Crippen LogP contribution is 2.35. The molecule has 8 heteroatoms. The number of nitrogens with one attached hydrogen (secondary N) is 1. The summed E-state index contributed by atoms with van der Waals surface area (Å²) in [6.45, 7) is 3.88. The maximum atomic E-state index is 13.5. The minimum atomic E-state index is -0.464. The molecule has 172 valence electrons. The van der Waals surface area contributed by atoms with Crippen molar-refractivity contribution in [1.82, 2.24) is 19.4 Å². The van der Waals surface area contributed by atoms with Crippen molar-refractivity contribution in [1.29, 1.82) is 0 Å². The second-order valence-corrected chi connectivity index (χ2v) is 9.35. The number of benzene rings is 1. The average molecular weight is 447 g/mol. The number of amides is 2. The summed E-state index contributed by atoms with van der Waals surface area (Å²) in [5.74, 6) is 0.765. The molecule has 0 atom stereocenters. The third-order valence-corrected chi connectivity index (χ3v) is 6.98. The van der Waals surface area contributed by atoms with Gasteiger partial charge in [-0.05, 0) is 61.9 Å².